The highest BCUT2D eigenvalue weighted by atomic mass is 35.5. The Hall–Kier alpha value is -1.59. The van der Waals surface area contributed by atoms with Gasteiger partial charge in [0.25, 0.3) is 5.91 Å². The van der Waals surface area contributed by atoms with Crippen molar-refractivity contribution in [1.29, 1.82) is 0 Å². The summed E-state index contributed by atoms with van der Waals surface area (Å²) in [5, 5.41) is 8.73. The number of benzene rings is 1. The molecule has 1 aliphatic heterocycles. The molecule has 0 aromatic heterocycles. The number of hydrogen-bond donors (Lipinski definition) is 3. The maximum absolute atomic E-state index is 12.0. The van der Waals surface area contributed by atoms with Gasteiger partial charge < -0.3 is 16.0 Å². The van der Waals surface area contributed by atoms with Crippen molar-refractivity contribution in [2.24, 2.45) is 0 Å². The van der Waals surface area contributed by atoms with Gasteiger partial charge in [-0.1, -0.05) is 18.6 Å². The summed E-state index contributed by atoms with van der Waals surface area (Å²) in [6.45, 7) is 1.41. The lowest BCUT2D eigenvalue weighted by Gasteiger charge is -2.22. The number of hydrogen-bond acceptors (Lipinski definition) is 3. The molecule has 1 aromatic carbocycles. The topological polar surface area (TPSA) is 70.2 Å². The SMILES string of the molecule is CNC(=O)c1ccc(CNC(=O)[C@H]2CCCCN2)cc1.Cl. The second-order valence-corrected chi connectivity index (χ2v) is 5.00. The van der Waals surface area contributed by atoms with Crippen molar-refractivity contribution in [1.82, 2.24) is 16.0 Å². The summed E-state index contributed by atoms with van der Waals surface area (Å²) in [5.74, 6) is -0.0490. The first-order valence-electron chi connectivity index (χ1n) is 7.03. The predicted octanol–water partition coefficient (Wildman–Crippen LogP) is 1.23. The normalized spacial score (nSPS) is 17.5. The lowest BCUT2D eigenvalue weighted by molar-refractivity contribution is -0.123. The average molecular weight is 312 g/mol. The zero-order valence-electron chi connectivity index (χ0n) is 12.1. The first-order chi connectivity index (χ1) is 9.70. The smallest absolute Gasteiger partial charge is 0.251 e. The summed E-state index contributed by atoms with van der Waals surface area (Å²) in [7, 11) is 1.60. The maximum Gasteiger partial charge on any atom is 0.251 e. The molecule has 0 saturated carbocycles. The largest absolute Gasteiger partial charge is 0.355 e. The second kappa shape index (κ2) is 8.64. The van der Waals surface area contributed by atoms with Gasteiger partial charge in [0.15, 0.2) is 0 Å². The first kappa shape index (κ1) is 17.5. The van der Waals surface area contributed by atoms with Crippen LogP contribution in [0.5, 0.6) is 0 Å². The summed E-state index contributed by atoms with van der Waals surface area (Å²) < 4.78 is 0. The van der Waals surface area contributed by atoms with Gasteiger partial charge in [-0.25, -0.2) is 0 Å². The zero-order chi connectivity index (χ0) is 14.4. The van der Waals surface area contributed by atoms with Crippen LogP contribution in [0.4, 0.5) is 0 Å². The fraction of sp³-hybridized carbons (Fsp3) is 0.467. The van der Waals surface area contributed by atoms with Gasteiger partial charge in [0, 0.05) is 19.2 Å². The van der Waals surface area contributed by atoms with Crippen LogP contribution in [0.15, 0.2) is 24.3 Å². The van der Waals surface area contributed by atoms with Crippen molar-refractivity contribution in [3.05, 3.63) is 35.4 Å². The van der Waals surface area contributed by atoms with E-state index in [1.54, 1.807) is 19.2 Å². The van der Waals surface area contributed by atoms with Crippen LogP contribution >= 0.6 is 12.4 Å². The van der Waals surface area contributed by atoms with Crippen LogP contribution in [-0.4, -0.2) is 31.4 Å². The number of carbonyl (C=O) groups is 2. The van der Waals surface area contributed by atoms with Crippen molar-refractivity contribution in [3.63, 3.8) is 0 Å². The molecule has 5 nitrogen and oxygen atoms in total. The molecular formula is C15H22ClN3O2. The van der Waals surface area contributed by atoms with Crippen molar-refractivity contribution < 1.29 is 9.59 Å². The Balaban J connectivity index is 0.00000220. The van der Waals surface area contributed by atoms with E-state index >= 15 is 0 Å². The van der Waals surface area contributed by atoms with E-state index in [9.17, 15) is 9.59 Å². The highest BCUT2D eigenvalue weighted by Gasteiger charge is 2.19. The molecule has 1 heterocycles. The van der Waals surface area contributed by atoms with E-state index in [1.165, 1.54) is 0 Å². The molecule has 21 heavy (non-hydrogen) atoms. The molecule has 0 bridgehead atoms. The predicted molar refractivity (Wildman–Crippen MR) is 84.6 cm³/mol. The molecule has 1 aromatic rings. The number of amides is 2. The quantitative estimate of drug-likeness (QED) is 0.783. The van der Waals surface area contributed by atoms with E-state index in [1.807, 2.05) is 12.1 Å². The first-order valence-corrected chi connectivity index (χ1v) is 7.03. The summed E-state index contributed by atoms with van der Waals surface area (Å²) in [5.41, 5.74) is 1.61. The number of nitrogens with one attached hydrogen (secondary N) is 3. The van der Waals surface area contributed by atoms with Gasteiger partial charge in [0.2, 0.25) is 5.91 Å². The van der Waals surface area contributed by atoms with Gasteiger partial charge in [-0.05, 0) is 37.1 Å². The third kappa shape index (κ3) is 5.02. The van der Waals surface area contributed by atoms with Crippen LogP contribution in [0.1, 0.15) is 35.2 Å². The Bertz CT molecular complexity index is 470. The Morgan fingerprint density at radius 1 is 1.24 bits per heavy atom. The second-order valence-electron chi connectivity index (χ2n) is 5.00. The van der Waals surface area contributed by atoms with Crippen LogP contribution in [0.25, 0.3) is 0 Å². The maximum atomic E-state index is 12.0. The Labute approximate surface area is 131 Å². The fourth-order valence-electron chi connectivity index (χ4n) is 2.31. The molecule has 1 saturated heterocycles. The van der Waals surface area contributed by atoms with E-state index in [4.69, 9.17) is 0 Å². The lowest BCUT2D eigenvalue weighted by Crippen LogP contribution is -2.46. The van der Waals surface area contributed by atoms with Gasteiger partial charge in [-0.3, -0.25) is 9.59 Å². The van der Waals surface area contributed by atoms with Crippen LogP contribution in [0, 0.1) is 0 Å². The van der Waals surface area contributed by atoms with Crippen molar-refractivity contribution in [3.8, 4) is 0 Å². The average Bonchev–Trinajstić information content (AvgIpc) is 2.53. The number of rotatable bonds is 4. The molecule has 116 valence electrons. The Morgan fingerprint density at radius 3 is 2.52 bits per heavy atom. The Kier molecular flexibility index (Phi) is 7.19. The van der Waals surface area contributed by atoms with Crippen molar-refractivity contribution in [2.75, 3.05) is 13.6 Å². The number of piperidine rings is 1. The van der Waals surface area contributed by atoms with E-state index in [0.29, 0.717) is 12.1 Å². The van der Waals surface area contributed by atoms with E-state index in [0.717, 1.165) is 31.4 Å². The minimum absolute atomic E-state index is 0. The van der Waals surface area contributed by atoms with Gasteiger partial charge >= 0.3 is 0 Å². The summed E-state index contributed by atoms with van der Waals surface area (Å²) >= 11 is 0. The summed E-state index contributed by atoms with van der Waals surface area (Å²) in [6, 6.07) is 7.19. The third-order valence-electron chi connectivity index (χ3n) is 3.54. The lowest BCUT2D eigenvalue weighted by atomic mass is 10.0. The zero-order valence-corrected chi connectivity index (χ0v) is 13.0. The minimum atomic E-state index is -0.105. The van der Waals surface area contributed by atoms with Crippen LogP contribution < -0.4 is 16.0 Å². The molecule has 2 rings (SSSR count). The summed E-state index contributed by atoms with van der Waals surface area (Å²) in [4.78, 5) is 23.4. The van der Waals surface area contributed by atoms with Gasteiger partial charge in [0.1, 0.15) is 0 Å². The highest BCUT2D eigenvalue weighted by molar-refractivity contribution is 5.93. The molecule has 1 atom stereocenters. The molecule has 2 amide bonds. The molecule has 1 aliphatic rings. The van der Waals surface area contributed by atoms with Crippen molar-refractivity contribution in [2.45, 2.75) is 31.8 Å². The number of carbonyl (C=O) groups excluding carboxylic acids is 2. The van der Waals surface area contributed by atoms with Crippen LogP contribution in [0.3, 0.4) is 0 Å². The van der Waals surface area contributed by atoms with Crippen LogP contribution in [-0.2, 0) is 11.3 Å². The van der Waals surface area contributed by atoms with Crippen molar-refractivity contribution >= 4 is 24.2 Å². The van der Waals surface area contributed by atoms with E-state index < -0.39 is 0 Å². The Morgan fingerprint density at radius 2 is 1.95 bits per heavy atom. The molecule has 6 heteroatoms. The monoisotopic (exact) mass is 311 g/mol. The molecule has 3 N–H and O–H groups in total. The third-order valence-corrected chi connectivity index (χ3v) is 3.54. The molecule has 1 fully saturated rings. The minimum Gasteiger partial charge on any atom is -0.355 e. The molecular weight excluding hydrogens is 290 g/mol. The van der Waals surface area contributed by atoms with Gasteiger partial charge in [0.05, 0.1) is 6.04 Å². The fourth-order valence-corrected chi connectivity index (χ4v) is 2.31. The highest BCUT2D eigenvalue weighted by Crippen LogP contribution is 2.08. The molecule has 0 spiro atoms. The summed E-state index contributed by atoms with van der Waals surface area (Å²) in [6.07, 6.45) is 3.15. The molecule has 0 aliphatic carbocycles. The number of halogens is 1. The van der Waals surface area contributed by atoms with Gasteiger partial charge in [-0.2, -0.15) is 0 Å². The van der Waals surface area contributed by atoms with Crippen LogP contribution in [0.2, 0.25) is 0 Å². The standard InChI is InChI=1S/C15H21N3O2.ClH/c1-16-14(19)12-7-5-11(6-8-12)10-18-15(20)13-4-2-3-9-17-13;/h5-8,13,17H,2-4,9-10H2,1H3,(H,16,19)(H,18,20);1H/t13-;/m1./s1. The molecule has 0 unspecified atom stereocenters. The molecule has 0 radical (unpaired) electrons. The van der Waals surface area contributed by atoms with E-state index in [2.05, 4.69) is 16.0 Å². The van der Waals surface area contributed by atoms with Gasteiger partial charge in [-0.15, -0.1) is 12.4 Å². The van der Waals surface area contributed by atoms with E-state index in [-0.39, 0.29) is 30.3 Å².